The second-order valence-electron chi connectivity index (χ2n) is 7.15. The number of carbonyl (C=O) groups excluding carboxylic acids is 2. The number of ether oxygens (including phenoxy) is 1. The molecule has 2 amide bonds. The number of fused-ring (bicyclic) bond motifs is 5. The van der Waals surface area contributed by atoms with E-state index in [0.29, 0.717) is 11.5 Å². The summed E-state index contributed by atoms with van der Waals surface area (Å²) < 4.78 is 4.77. The third-order valence-corrected chi connectivity index (χ3v) is 5.42. The van der Waals surface area contributed by atoms with Gasteiger partial charge in [-0.2, -0.15) is 4.98 Å². The van der Waals surface area contributed by atoms with Gasteiger partial charge in [0.2, 0.25) is 5.95 Å². The zero-order valence-corrected chi connectivity index (χ0v) is 16.0. The van der Waals surface area contributed by atoms with Gasteiger partial charge in [-0.05, 0) is 31.0 Å². The molecule has 0 aliphatic carbocycles. The summed E-state index contributed by atoms with van der Waals surface area (Å²) in [5, 5.41) is 3.67. The Morgan fingerprint density at radius 3 is 3.00 bits per heavy atom. The topological polar surface area (TPSA) is 116 Å². The lowest BCUT2D eigenvalue weighted by Gasteiger charge is -2.35. The lowest BCUT2D eigenvalue weighted by molar-refractivity contribution is 0.0594. The summed E-state index contributed by atoms with van der Waals surface area (Å²) in [5.74, 6) is 0.100. The number of carbonyl (C=O) groups is 2. The number of esters is 1. The number of hydrogen-bond acceptors (Lipinski definition) is 7. The van der Waals surface area contributed by atoms with E-state index in [4.69, 9.17) is 4.74 Å². The summed E-state index contributed by atoms with van der Waals surface area (Å²) in [6.45, 7) is 3.50. The van der Waals surface area contributed by atoms with Gasteiger partial charge in [0.1, 0.15) is 5.65 Å². The maximum Gasteiger partial charge on any atom is 0.356 e. The zero-order valence-electron chi connectivity index (χ0n) is 16.0. The molecule has 2 N–H and O–H groups in total. The molecule has 2 aliphatic heterocycles. The first kappa shape index (κ1) is 17.4. The van der Waals surface area contributed by atoms with Gasteiger partial charge in [0.25, 0.3) is 0 Å². The van der Waals surface area contributed by atoms with Crippen LogP contribution in [0.1, 0.15) is 22.5 Å². The minimum atomic E-state index is -0.544. The van der Waals surface area contributed by atoms with Crippen LogP contribution in [-0.2, 0) is 4.74 Å². The average Bonchev–Trinajstić information content (AvgIpc) is 3.31. The van der Waals surface area contributed by atoms with Crippen molar-refractivity contribution in [1.29, 1.82) is 0 Å². The third kappa shape index (κ3) is 2.75. The van der Waals surface area contributed by atoms with Gasteiger partial charge in [0, 0.05) is 30.9 Å². The van der Waals surface area contributed by atoms with Crippen LogP contribution < -0.4 is 15.1 Å². The van der Waals surface area contributed by atoms with Crippen molar-refractivity contribution in [3.05, 3.63) is 35.8 Å². The Labute approximate surface area is 165 Å². The number of nitrogens with one attached hydrogen (secondary N) is 2. The van der Waals surface area contributed by atoms with E-state index in [0.717, 1.165) is 36.1 Å². The maximum absolute atomic E-state index is 13.2. The van der Waals surface area contributed by atoms with Crippen LogP contribution in [0.25, 0.3) is 11.0 Å². The average molecular weight is 393 g/mol. The Kier molecular flexibility index (Phi) is 3.86. The largest absolute Gasteiger partial charge is 0.464 e. The summed E-state index contributed by atoms with van der Waals surface area (Å²) in [6, 6.07) is 3.00. The molecule has 2 bridgehead atoms. The molecular formula is C19H19N7O3. The highest BCUT2D eigenvalue weighted by molar-refractivity contribution is 6.04. The second-order valence-corrected chi connectivity index (χ2v) is 7.15. The van der Waals surface area contributed by atoms with Gasteiger partial charge in [-0.1, -0.05) is 0 Å². The van der Waals surface area contributed by atoms with Crippen LogP contribution in [0.3, 0.4) is 0 Å². The van der Waals surface area contributed by atoms with Crippen LogP contribution in [0, 0.1) is 6.92 Å². The van der Waals surface area contributed by atoms with Crippen molar-refractivity contribution in [2.45, 2.75) is 19.4 Å². The smallest absolute Gasteiger partial charge is 0.356 e. The van der Waals surface area contributed by atoms with E-state index >= 15 is 0 Å². The number of hydrogen-bond donors (Lipinski definition) is 2. The fourth-order valence-corrected chi connectivity index (χ4v) is 3.94. The molecule has 1 atom stereocenters. The number of anilines is 3. The molecule has 10 heteroatoms. The molecule has 0 spiro atoms. The summed E-state index contributed by atoms with van der Waals surface area (Å²) in [5.41, 5.74) is 2.67. The number of amides is 2. The van der Waals surface area contributed by atoms with E-state index < -0.39 is 5.97 Å². The number of rotatable bonds is 2. The number of methoxy groups -OCH3 is 1. The summed E-state index contributed by atoms with van der Waals surface area (Å²) in [4.78, 5) is 45.0. The Morgan fingerprint density at radius 2 is 2.17 bits per heavy atom. The minimum Gasteiger partial charge on any atom is -0.464 e. The Morgan fingerprint density at radius 1 is 1.31 bits per heavy atom. The lowest BCUT2D eigenvalue weighted by Crippen LogP contribution is -2.48. The van der Waals surface area contributed by atoms with Crippen LogP contribution in [0.5, 0.6) is 0 Å². The van der Waals surface area contributed by atoms with E-state index in [1.165, 1.54) is 7.11 Å². The van der Waals surface area contributed by atoms with Crippen molar-refractivity contribution in [1.82, 2.24) is 19.9 Å². The highest BCUT2D eigenvalue weighted by atomic mass is 16.5. The molecule has 1 saturated heterocycles. The van der Waals surface area contributed by atoms with Crippen molar-refractivity contribution in [2.75, 3.05) is 35.3 Å². The molecule has 5 rings (SSSR count). The van der Waals surface area contributed by atoms with Crippen molar-refractivity contribution in [2.24, 2.45) is 0 Å². The number of nitrogens with zero attached hydrogens (tertiary/aromatic N) is 5. The zero-order chi connectivity index (χ0) is 20.1. The predicted molar refractivity (Wildman–Crippen MR) is 106 cm³/mol. The van der Waals surface area contributed by atoms with Gasteiger partial charge in [0.05, 0.1) is 18.8 Å². The third-order valence-electron chi connectivity index (χ3n) is 5.42. The van der Waals surface area contributed by atoms with Gasteiger partial charge in [-0.15, -0.1) is 0 Å². The summed E-state index contributed by atoms with van der Waals surface area (Å²) >= 11 is 0. The summed E-state index contributed by atoms with van der Waals surface area (Å²) in [6.07, 6.45) is 4.34. The molecule has 3 aromatic heterocycles. The van der Waals surface area contributed by atoms with Crippen LogP contribution in [0.2, 0.25) is 0 Å². The van der Waals surface area contributed by atoms with Gasteiger partial charge in [-0.25, -0.2) is 19.6 Å². The first-order valence-corrected chi connectivity index (χ1v) is 9.30. The standard InChI is InChI=1S/C19H19N7O3/c1-10-7-20-15-12(10)8-21-18(23-15)24-19(28)26-11-5-6-25(9-11)14-4-3-13(17(27)29-2)22-16(14)26/h3-4,7-8,11H,5-6,9H2,1-2H3,(H2,20,21,23,24,28)/t11-/m0/s1. The van der Waals surface area contributed by atoms with Crippen molar-refractivity contribution in [3.63, 3.8) is 0 Å². The van der Waals surface area contributed by atoms with Crippen molar-refractivity contribution in [3.8, 4) is 0 Å². The SMILES string of the molecule is COC(=O)c1ccc2c(n1)N(C(=O)Nc1ncc3c(C)c[nH]c3n1)[C@H]1CCN2C1. The highest BCUT2D eigenvalue weighted by Gasteiger charge is 2.40. The normalized spacial score (nSPS) is 17.4. The quantitative estimate of drug-likeness (QED) is 0.640. The molecule has 148 valence electrons. The number of aromatic nitrogens is 4. The van der Waals surface area contributed by atoms with E-state index in [9.17, 15) is 9.59 Å². The first-order valence-electron chi connectivity index (χ1n) is 9.30. The van der Waals surface area contributed by atoms with E-state index in [-0.39, 0.29) is 23.7 Å². The van der Waals surface area contributed by atoms with E-state index in [2.05, 4.69) is 30.2 Å². The minimum absolute atomic E-state index is 0.0423. The number of urea groups is 1. The summed E-state index contributed by atoms with van der Waals surface area (Å²) in [7, 11) is 1.30. The Balaban J connectivity index is 1.49. The van der Waals surface area contributed by atoms with Crippen LogP contribution in [0.4, 0.5) is 22.2 Å². The molecule has 5 heterocycles. The molecule has 3 aromatic rings. The van der Waals surface area contributed by atoms with Gasteiger partial charge in [-0.3, -0.25) is 10.2 Å². The maximum atomic E-state index is 13.2. The van der Waals surface area contributed by atoms with Crippen molar-refractivity contribution >= 4 is 40.5 Å². The lowest BCUT2D eigenvalue weighted by atomic mass is 10.2. The van der Waals surface area contributed by atoms with E-state index in [1.54, 1.807) is 23.2 Å². The van der Waals surface area contributed by atoms with Crippen LogP contribution >= 0.6 is 0 Å². The highest BCUT2D eigenvalue weighted by Crippen LogP contribution is 2.39. The molecule has 0 saturated carbocycles. The van der Waals surface area contributed by atoms with Gasteiger partial charge in [0.15, 0.2) is 11.5 Å². The molecular weight excluding hydrogens is 374 g/mol. The van der Waals surface area contributed by atoms with Crippen LogP contribution in [0.15, 0.2) is 24.5 Å². The second kappa shape index (κ2) is 6.43. The molecule has 0 radical (unpaired) electrons. The number of aryl methyl sites for hydroxylation is 1. The monoisotopic (exact) mass is 393 g/mol. The number of pyridine rings is 1. The van der Waals surface area contributed by atoms with Gasteiger partial charge >= 0.3 is 12.0 Å². The fraction of sp³-hybridized carbons (Fsp3) is 0.316. The predicted octanol–water partition coefficient (Wildman–Crippen LogP) is 2.08. The number of aromatic amines is 1. The number of H-pyrrole nitrogens is 1. The molecule has 2 aliphatic rings. The van der Waals surface area contributed by atoms with Crippen molar-refractivity contribution < 1.29 is 14.3 Å². The first-order chi connectivity index (χ1) is 14.0. The molecule has 29 heavy (non-hydrogen) atoms. The van der Waals surface area contributed by atoms with Crippen LogP contribution in [-0.4, -0.2) is 58.2 Å². The molecule has 0 unspecified atom stereocenters. The fourth-order valence-electron chi connectivity index (χ4n) is 3.94. The Bertz CT molecular complexity index is 1140. The molecule has 10 nitrogen and oxygen atoms in total. The Hall–Kier alpha value is -3.69. The molecule has 1 fully saturated rings. The molecule has 0 aromatic carbocycles. The van der Waals surface area contributed by atoms with Gasteiger partial charge < -0.3 is 14.6 Å². The van der Waals surface area contributed by atoms with E-state index in [1.807, 2.05) is 13.1 Å².